The van der Waals surface area contributed by atoms with E-state index in [4.69, 9.17) is 9.52 Å². The van der Waals surface area contributed by atoms with Gasteiger partial charge in [-0.2, -0.15) is 0 Å². The van der Waals surface area contributed by atoms with E-state index in [0.717, 1.165) is 24.6 Å². The predicted molar refractivity (Wildman–Crippen MR) is 64.5 cm³/mol. The quantitative estimate of drug-likeness (QED) is 0.797. The number of nitrogens with zero attached hydrogens (tertiary/aromatic N) is 2. The number of amides is 1. The van der Waals surface area contributed by atoms with Crippen molar-refractivity contribution < 1.29 is 19.1 Å². The topological polar surface area (TPSA) is 105 Å². The van der Waals surface area contributed by atoms with Crippen LogP contribution in [-0.2, 0) is 9.59 Å². The van der Waals surface area contributed by atoms with E-state index in [1.165, 1.54) is 6.92 Å². The van der Waals surface area contributed by atoms with Crippen LogP contribution < -0.4 is 5.32 Å². The summed E-state index contributed by atoms with van der Waals surface area (Å²) in [5, 5.41) is 18.0. The molecular formula is C10H13N3O4S. The molecule has 0 saturated heterocycles. The Morgan fingerprint density at radius 3 is 2.89 bits per heavy atom. The van der Waals surface area contributed by atoms with E-state index in [1.54, 1.807) is 0 Å². The molecule has 1 fully saturated rings. The highest BCUT2D eigenvalue weighted by Gasteiger charge is 2.29. The molecule has 0 spiro atoms. The smallest absolute Gasteiger partial charge is 0.322 e. The molecule has 2 N–H and O–H groups in total. The molecule has 1 aromatic heterocycles. The first-order valence-corrected chi connectivity index (χ1v) is 6.59. The second-order valence-corrected chi connectivity index (χ2v) is 5.39. The van der Waals surface area contributed by atoms with E-state index in [1.807, 2.05) is 0 Å². The lowest BCUT2D eigenvalue weighted by Gasteiger charge is -2.04. The molecule has 0 aliphatic heterocycles. The zero-order valence-electron chi connectivity index (χ0n) is 9.75. The van der Waals surface area contributed by atoms with Crippen molar-refractivity contribution in [3.8, 4) is 0 Å². The van der Waals surface area contributed by atoms with E-state index in [-0.39, 0.29) is 17.7 Å². The summed E-state index contributed by atoms with van der Waals surface area (Å²) in [4.78, 5) is 22.0. The molecule has 1 amide bonds. The van der Waals surface area contributed by atoms with E-state index in [0.29, 0.717) is 11.8 Å². The van der Waals surface area contributed by atoms with Crippen molar-refractivity contribution in [2.75, 3.05) is 11.1 Å². The Morgan fingerprint density at radius 2 is 2.28 bits per heavy atom. The second-order valence-electron chi connectivity index (χ2n) is 4.06. The summed E-state index contributed by atoms with van der Waals surface area (Å²) in [6.45, 7) is 1.53. The van der Waals surface area contributed by atoms with Gasteiger partial charge in [0.15, 0.2) is 0 Å². The third-order valence-electron chi connectivity index (χ3n) is 2.43. The number of thioether (sulfide) groups is 1. The fraction of sp³-hybridized carbons (Fsp3) is 0.600. The first-order valence-electron chi connectivity index (χ1n) is 5.54. The summed E-state index contributed by atoms with van der Waals surface area (Å²) in [5.41, 5.74) is 0. The van der Waals surface area contributed by atoms with Gasteiger partial charge in [0.1, 0.15) is 0 Å². The highest BCUT2D eigenvalue weighted by Crippen LogP contribution is 2.39. The van der Waals surface area contributed by atoms with E-state index >= 15 is 0 Å². The maximum atomic E-state index is 11.5. The Hall–Kier alpha value is -1.57. The third kappa shape index (κ3) is 3.46. The molecule has 0 radical (unpaired) electrons. The predicted octanol–water partition coefficient (Wildman–Crippen LogP) is 1.09. The molecular weight excluding hydrogens is 258 g/mol. The van der Waals surface area contributed by atoms with Crippen molar-refractivity contribution in [1.29, 1.82) is 0 Å². The van der Waals surface area contributed by atoms with Gasteiger partial charge in [-0.15, -0.1) is 16.9 Å². The van der Waals surface area contributed by atoms with Crippen LogP contribution in [0.25, 0.3) is 0 Å². The Balaban J connectivity index is 1.77. The van der Waals surface area contributed by atoms with Gasteiger partial charge in [-0.1, -0.05) is 5.10 Å². The van der Waals surface area contributed by atoms with E-state index < -0.39 is 11.2 Å². The van der Waals surface area contributed by atoms with Crippen molar-refractivity contribution in [3.05, 3.63) is 5.89 Å². The van der Waals surface area contributed by atoms with Crippen molar-refractivity contribution in [2.24, 2.45) is 0 Å². The molecule has 0 bridgehead atoms. The van der Waals surface area contributed by atoms with Crippen LogP contribution in [0, 0.1) is 0 Å². The Labute approximate surface area is 107 Å². The number of hydrogen-bond acceptors (Lipinski definition) is 6. The Bertz CT molecular complexity index is 458. The molecule has 2 rings (SSSR count). The Kier molecular flexibility index (Phi) is 3.85. The van der Waals surface area contributed by atoms with Gasteiger partial charge >= 0.3 is 12.0 Å². The lowest BCUT2D eigenvalue weighted by molar-refractivity contribution is -0.136. The minimum absolute atomic E-state index is 0.0363. The highest BCUT2D eigenvalue weighted by molar-refractivity contribution is 8.01. The first kappa shape index (κ1) is 12.9. The number of anilines is 1. The number of aliphatic carboxylic acids is 1. The number of carboxylic acid groups (broad SMARTS) is 1. The van der Waals surface area contributed by atoms with Gasteiger partial charge in [-0.25, -0.2) is 0 Å². The molecule has 1 aliphatic carbocycles. The number of carbonyl (C=O) groups is 2. The molecule has 1 aromatic rings. The van der Waals surface area contributed by atoms with Crippen molar-refractivity contribution in [2.45, 2.75) is 30.9 Å². The van der Waals surface area contributed by atoms with Crippen LogP contribution in [0.5, 0.6) is 0 Å². The number of carbonyl (C=O) groups excluding carboxylic acids is 1. The van der Waals surface area contributed by atoms with Crippen LogP contribution in [0.2, 0.25) is 0 Å². The maximum absolute atomic E-state index is 11.5. The molecule has 7 nitrogen and oxygen atoms in total. The summed E-state index contributed by atoms with van der Waals surface area (Å²) in [7, 11) is 0. The molecule has 0 aromatic carbocycles. The van der Waals surface area contributed by atoms with Gasteiger partial charge in [-0.3, -0.25) is 14.9 Å². The molecule has 8 heteroatoms. The van der Waals surface area contributed by atoms with Crippen molar-refractivity contribution in [1.82, 2.24) is 10.2 Å². The monoisotopic (exact) mass is 271 g/mol. The number of carboxylic acids is 1. The van der Waals surface area contributed by atoms with E-state index in [9.17, 15) is 9.59 Å². The summed E-state index contributed by atoms with van der Waals surface area (Å²) in [6.07, 6.45) is 2.09. The molecule has 98 valence electrons. The second kappa shape index (κ2) is 5.38. The Morgan fingerprint density at radius 1 is 1.56 bits per heavy atom. The first-order chi connectivity index (χ1) is 8.56. The number of hydrogen-bond donors (Lipinski definition) is 2. The summed E-state index contributed by atoms with van der Waals surface area (Å²) in [6, 6.07) is 0.0745. The van der Waals surface area contributed by atoms with Gasteiger partial charge in [0.2, 0.25) is 11.8 Å². The SMILES string of the molecule is CC(SCC(=O)Nc1nnc(C2CC2)o1)C(=O)O. The molecule has 1 heterocycles. The third-order valence-corrected chi connectivity index (χ3v) is 3.56. The van der Waals surface area contributed by atoms with Crippen LogP contribution in [-0.4, -0.2) is 38.2 Å². The average Bonchev–Trinajstić information content (AvgIpc) is 3.07. The molecule has 18 heavy (non-hydrogen) atoms. The van der Waals surface area contributed by atoms with Crippen LogP contribution in [0.1, 0.15) is 31.6 Å². The molecule has 1 atom stereocenters. The normalized spacial score (nSPS) is 16.3. The van der Waals surface area contributed by atoms with Crippen LogP contribution >= 0.6 is 11.8 Å². The minimum atomic E-state index is -0.943. The van der Waals surface area contributed by atoms with Crippen molar-refractivity contribution >= 4 is 29.7 Å². The number of rotatable bonds is 6. The highest BCUT2D eigenvalue weighted by atomic mass is 32.2. The zero-order valence-corrected chi connectivity index (χ0v) is 10.6. The number of aromatic nitrogens is 2. The largest absolute Gasteiger partial charge is 0.480 e. The summed E-state index contributed by atoms with van der Waals surface area (Å²) < 4.78 is 5.25. The summed E-state index contributed by atoms with van der Waals surface area (Å²) in [5.74, 6) is -0.364. The van der Waals surface area contributed by atoms with Crippen LogP contribution in [0.4, 0.5) is 6.01 Å². The van der Waals surface area contributed by atoms with Crippen LogP contribution in [0.15, 0.2) is 4.42 Å². The van der Waals surface area contributed by atoms with Crippen LogP contribution in [0.3, 0.4) is 0 Å². The standard InChI is InChI=1S/C10H13N3O4S/c1-5(9(15)16)18-4-7(14)11-10-13-12-8(17-10)6-2-3-6/h5-6H,2-4H2,1H3,(H,15,16)(H,11,13,14). The fourth-order valence-electron chi connectivity index (χ4n) is 1.21. The fourth-order valence-corrected chi connectivity index (χ4v) is 1.82. The molecule has 1 saturated carbocycles. The van der Waals surface area contributed by atoms with E-state index in [2.05, 4.69) is 15.5 Å². The lowest BCUT2D eigenvalue weighted by atomic mass is 10.4. The zero-order chi connectivity index (χ0) is 13.1. The summed E-state index contributed by atoms with van der Waals surface area (Å²) >= 11 is 1.04. The minimum Gasteiger partial charge on any atom is -0.480 e. The molecule has 1 aliphatic rings. The lowest BCUT2D eigenvalue weighted by Crippen LogP contribution is -2.19. The van der Waals surface area contributed by atoms with Gasteiger partial charge < -0.3 is 9.52 Å². The number of nitrogens with one attached hydrogen (secondary N) is 1. The maximum Gasteiger partial charge on any atom is 0.322 e. The average molecular weight is 271 g/mol. The van der Waals surface area contributed by atoms with Gasteiger partial charge in [0.05, 0.1) is 11.0 Å². The molecule has 1 unspecified atom stereocenters. The van der Waals surface area contributed by atoms with Gasteiger partial charge in [0, 0.05) is 5.92 Å². The van der Waals surface area contributed by atoms with Gasteiger partial charge in [-0.05, 0) is 19.8 Å². The van der Waals surface area contributed by atoms with Gasteiger partial charge in [0.25, 0.3) is 0 Å². The van der Waals surface area contributed by atoms with Crippen molar-refractivity contribution in [3.63, 3.8) is 0 Å².